The molecule has 12 nitrogen and oxygen atoms in total. The predicted octanol–water partition coefficient (Wildman–Crippen LogP) is 2.13. The molecule has 0 fully saturated rings. The molecule has 1 aliphatic heterocycles. The number of aryl methyl sites for hydroxylation is 1. The van der Waals surface area contributed by atoms with Crippen LogP contribution in [0.25, 0.3) is 5.69 Å². The van der Waals surface area contributed by atoms with E-state index in [1.54, 1.807) is 65.3 Å². The van der Waals surface area contributed by atoms with Gasteiger partial charge in [0.2, 0.25) is 0 Å². The first kappa shape index (κ1) is 30.7. The molecule has 1 aliphatic rings. The molecule has 0 unspecified atom stereocenters. The van der Waals surface area contributed by atoms with Crippen LogP contribution < -0.4 is 15.2 Å². The van der Waals surface area contributed by atoms with E-state index < -0.39 is 17.4 Å². The van der Waals surface area contributed by atoms with Crippen LogP contribution in [0.1, 0.15) is 43.9 Å². The number of rotatable bonds is 14. The van der Waals surface area contributed by atoms with E-state index in [4.69, 9.17) is 14.6 Å². The van der Waals surface area contributed by atoms with Crippen LogP contribution >= 0.6 is 0 Å². The quantitative estimate of drug-likeness (QED) is 0.166. The van der Waals surface area contributed by atoms with Crippen LogP contribution in [-0.4, -0.2) is 69.0 Å². The number of aliphatic hydroxyl groups excluding tert-OH is 1. The van der Waals surface area contributed by atoms with E-state index in [1.165, 1.54) is 18.8 Å². The van der Waals surface area contributed by atoms with E-state index >= 15 is 0 Å². The van der Waals surface area contributed by atoms with Gasteiger partial charge >= 0.3 is 5.97 Å². The number of unbranched alkanes of at least 4 members (excludes halogenated alkanes) is 1. The fourth-order valence-electron chi connectivity index (χ4n) is 5.10. The van der Waals surface area contributed by atoms with Crippen molar-refractivity contribution in [2.24, 2.45) is 5.92 Å². The van der Waals surface area contributed by atoms with Crippen LogP contribution in [-0.2, 0) is 32.9 Å². The van der Waals surface area contributed by atoms with Crippen molar-refractivity contribution in [1.29, 1.82) is 0 Å². The van der Waals surface area contributed by atoms with Crippen LogP contribution in [0.2, 0.25) is 0 Å². The smallest absolute Gasteiger partial charge is 0.305 e. The second-order valence-electron chi connectivity index (χ2n) is 10.2. The Kier molecular flexibility index (Phi) is 9.92. The average Bonchev–Trinajstić information content (AvgIpc) is 3.53. The molecule has 0 saturated carbocycles. The van der Waals surface area contributed by atoms with Crippen LogP contribution in [0.4, 0.5) is 5.69 Å². The largest absolute Gasteiger partial charge is 0.491 e. The predicted molar refractivity (Wildman–Crippen MR) is 154 cm³/mol. The highest BCUT2D eigenvalue weighted by Gasteiger charge is 2.52. The molecule has 2 atom stereocenters. The van der Waals surface area contributed by atoms with Crippen molar-refractivity contribution in [2.75, 3.05) is 32.3 Å². The van der Waals surface area contributed by atoms with Gasteiger partial charge in [0.15, 0.2) is 11.4 Å². The number of hydrogen-bond donors (Lipinski definition) is 2. The number of aliphatic hydroxyl groups is 2. The summed E-state index contributed by atoms with van der Waals surface area (Å²) in [5, 5.41) is 29.2. The molecule has 224 valence electrons. The van der Waals surface area contributed by atoms with Gasteiger partial charge in [0.05, 0.1) is 25.6 Å². The third-order valence-corrected chi connectivity index (χ3v) is 7.47. The van der Waals surface area contributed by atoms with Gasteiger partial charge in [-0.2, -0.15) is 0 Å². The molecule has 0 radical (unpaired) electrons. The Labute approximate surface area is 243 Å². The molecule has 0 saturated heterocycles. The number of methoxy groups -OCH3 is 2. The minimum Gasteiger partial charge on any atom is -0.491 e. The van der Waals surface area contributed by atoms with Crippen molar-refractivity contribution >= 4 is 17.6 Å². The second kappa shape index (κ2) is 13.6. The maximum atomic E-state index is 13.9. The summed E-state index contributed by atoms with van der Waals surface area (Å²) in [5.41, 5.74) is -0.105. The van der Waals surface area contributed by atoms with Crippen molar-refractivity contribution in [2.45, 2.75) is 51.2 Å². The first-order valence-corrected chi connectivity index (χ1v) is 13.9. The molecule has 42 heavy (non-hydrogen) atoms. The second-order valence-corrected chi connectivity index (χ2v) is 10.2. The number of carbonyl (C=O) groups excluding carboxylic acids is 2. The minimum absolute atomic E-state index is 0.000655. The number of pyridine rings is 1. The van der Waals surface area contributed by atoms with Gasteiger partial charge in [-0.25, -0.2) is 0 Å². The summed E-state index contributed by atoms with van der Waals surface area (Å²) in [6.07, 6.45) is 9.39. The summed E-state index contributed by atoms with van der Waals surface area (Å²) in [7, 11) is 2.76. The Morgan fingerprint density at radius 3 is 2.71 bits per heavy atom. The van der Waals surface area contributed by atoms with Gasteiger partial charge < -0.3 is 24.6 Å². The van der Waals surface area contributed by atoms with Crippen LogP contribution in [0.5, 0.6) is 5.75 Å². The fourth-order valence-corrected chi connectivity index (χ4v) is 5.10. The Bertz CT molecular complexity index is 1500. The number of nitrogens with zero attached hydrogens (tertiary/aromatic N) is 5. The monoisotopic (exact) mass is 579 g/mol. The van der Waals surface area contributed by atoms with Gasteiger partial charge in [-0.15, -0.1) is 5.10 Å². The van der Waals surface area contributed by atoms with Gasteiger partial charge in [0, 0.05) is 62.1 Å². The van der Waals surface area contributed by atoms with Gasteiger partial charge in [-0.05, 0) is 49.6 Å². The molecule has 3 aromatic rings. The first-order chi connectivity index (χ1) is 20.2. The van der Waals surface area contributed by atoms with Gasteiger partial charge in [0.1, 0.15) is 0 Å². The van der Waals surface area contributed by atoms with Crippen molar-refractivity contribution in [3.8, 4) is 11.4 Å². The summed E-state index contributed by atoms with van der Waals surface area (Å²) in [4.78, 5) is 39.9. The third kappa shape index (κ3) is 6.29. The van der Waals surface area contributed by atoms with Crippen molar-refractivity contribution in [3.05, 3.63) is 76.5 Å². The molecule has 0 spiro atoms. The molecule has 0 aliphatic carbocycles. The van der Waals surface area contributed by atoms with Gasteiger partial charge in [-0.1, -0.05) is 24.3 Å². The lowest BCUT2D eigenvalue weighted by atomic mass is 9.82. The Morgan fingerprint density at radius 1 is 1.17 bits per heavy atom. The van der Waals surface area contributed by atoms with Gasteiger partial charge in [-0.3, -0.25) is 23.6 Å². The molecule has 3 heterocycles. The van der Waals surface area contributed by atoms with Gasteiger partial charge in [0.25, 0.3) is 11.5 Å². The van der Waals surface area contributed by atoms with Crippen LogP contribution in [0.15, 0.2) is 59.7 Å². The summed E-state index contributed by atoms with van der Waals surface area (Å²) in [6.45, 7) is 2.63. The molecule has 12 heteroatoms. The lowest BCUT2D eigenvalue weighted by Gasteiger charge is -2.28. The molecule has 1 amide bonds. The lowest BCUT2D eigenvalue weighted by Crippen LogP contribution is -2.44. The number of hydrogen-bond acceptors (Lipinski definition) is 9. The highest BCUT2D eigenvalue weighted by Crippen LogP contribution is 2.46. The standard InChI is InChI=1S/C30H37N5O7/c1-21(9-4-6-15-33-20-22(14-18-36)31-32-33)30(40)24-19-23(34-17-8-10-26(41-2)28(34)38)12-13-25(24)35(29(30)39)16-7-5-11-27(37)42-3/h4,8-10,12-13,17,19-21,36,40H,5-7,11,14-16,18H2,1-3H3/b9-4+/t21-,30+/m1/s1. The average molecular weight is 580 g/mol. The highest BCUT2D eigenvalue weighted by molar-refractivity contribution is 6.07. The number of benzene rings is 1. The maximum Gasteiger partial charge on any atom is 0.305 e. The van der Waals surface area contributed by atoms with E-state index in [0.717, 1.165) is 0 Å². The molecule has 1 aromatic carbocycles. The summed E-state index contributed by atoms with van der Waals surface area (Å²) >= 11 is 0. The molecular weight excluding hydrogens is 542 g/mol. The van der Waals surface area contributed by atoms with E-state index in [9.17, 15) is 19.5 Å². The number of anilines is 1. The van der Waals surface area contributed by atoms with Crippen molar-refractivity contribution < 1.29 is 29.3 Å². The maximum absolute atomic E-state index is 13.9. The van der Waals surface area contributed by atoms with E-state index in [0.29, 0.717) is 61.4 Å². The Balaban J connectivity index is 1.61. The molecule has 2 N–H and O–H groups in total. The number of amides is 1. The normalized spacial score (nSPS) is 17.1. The van der Waals surface area contributed by atoms with Crippen LogP contribution in [0, 0.1) is 5.92 Å². The molecular formula is C30H37N5O7. The summed E-state index contributed by atoms with van der Waals surface area (Å²) in [6, 6.07) is 8.39. The molecule has 0 bridgehead atoms. The number of esters is 1. The Hall–Kier alpha value is -4.29. The summed E-state index contributed by atoms with van der Waals surface area (Å²) < 4.78 is 13.0. The van der Waals surface area contributed by atoms with Crippen LogP contribution in [0.3, 0.4) is 0 Å². The molecule has 4 rings (SSSR count). The minimum atomic E-state index is -1.88. The summed E-state index contributed by atoms with van der Waals surface area (Å²) in [5.74, 6) is -1.22. The number of aromatic nitrogens is 4. The zero-order chi connectivity index (χ0) is 30.3. The molecule has 2 aromatic heterocycles. The topological polar surface area (TPSA) is 149 Å². The number of fused-ring (bicyclic) bond motifs is 1. The zero-order valence-electron chi connectivity index (χ0n) is 24.1. The first-order valence-electron chi connectivity index (χ1n) is 13.9. The number of allylic oxidation sites excluding steroid dienone is 1. The highest BCUT2D eigenvalue weighted by atomic mass is 16.5. The number of carbonyl (C=O) groups is 2. The SMILES string of the molecule is COC(=O)CCCCN1C(=O)[C@](O)([C@H](C)/C=C/CCn2cc(CCO)nn2)c2cc(-n3cccc(OC)c3=O)ccc21. The van der Waals surface area contributed by atoms with E-state index in [2.05, 4.69) is 10.3 Å². The van der Waals surface area contributed by atoms with Crippen molar-refractivity contribution in [1.82, 2.24) is 19.6 Å². The van der Waals surface area contributed by atoms with E-state index in [-0.39, 0.29) is 30.3 Å². The number of ether oxygens (including phenoxy) is 2. The van der Waals surface area contributed by atoms with E-state index in [1.807, 2.05) is 6.08 Å². The third-order valence-electron chi connectivity index (χ3n) is 7.47. The Morgan fingerprint density at radius 2 is 1.98 bits per heavy atom. The lowest BCUT2D eigenvalue weighted by molar-refractivity contribution is -0.140. The van der Waals surface area contributed by atoms with Crippen molar-refractivity contribution in [3.63, 3.8) is 0 Å². The fraction of sp³-hybridized carbons (Fsp3) is 0.433. The zero-order valence-corrected chi connectivity index (χ0v) is 24.1.